The monoisotopic (exact) mass is 175 g/mol. The lowest BCUT2D eigenvalue weighted by atomic mass is 10.2. The van der Waals surface area contributed by atoms with E-state index in [-0.39, 0.29) is 11.9 Å². The maximum atomic E-state index is 9.60. The number of nitrogens with two attached hydrogens (primary N) is 1. The summed E-state index contributed by atoms with van der Waals surface area (Å²) in [4.78, 5) is 27.9. The predicted octanol–water partition coefficient (Wildman–Crippen LogP) is -0.372. The van der Waals surface area contributed by atoms with Crippen molar-refractivity contribution in [2.24, 2.45) is 5.73 Å². The van der Waals surface area contributed by atoms with Crippen molar-refractivity contribution in [3.8, 4) is 0 Å². The first-order valence-electron chi connectivity index (χ1n) is 3.19. The molecule has 0 aliphatic rings. The van der Waals surface area contributed by atoms with Crippen LogP contribution in [-0.2, 0) is 19.1 Å². The Labute approximate surface area is 70.9 Å². The van der Waals surface area contributed by atoms with E-state index in [0.717, 1.165) is 0 Å². The Morgan fingerprint density at radius 3 is 1.67 bits per heavy atom. The van der Waals surface area contributed by atoms with Gasteiger partial charge in [0.1, 0.15) is 5.60 Å². The highest BCUT2D eigenvalue weighted by atomic mass is 16.5. The van der Waals surface area contributed by atoms with E-state index in [0.29, 0.717) is 6.47 Å². The zero-order chi connectivity index (χ0) is 10.2. The predicted molar refractivity (Wildman–Crippen MR) is 42.2 cm³/mol. The van der Waals surface area contributed by atoms with Crippen LogP contribution in [0.2, 0.25) is 0 Å². The topological polar surface area (TPSA) is 86.5 Å². The van der Waals surface area contributed by atoms with Gasteiger partial charge in [-0.25, -0.2) is 0 Å². The Hall–Kier alpha value is -1.39. The van der Waals surface area contributed by atoms with Crippen molar-refractivity contribution in [1.82, 2.24) is 0 Å². The van der Waals surface area contributed by atoms with Crippen molar-refractivity contribution in [1.29, 1.82) is 0 Å². The molecule has 0 aromatic rings. The van der Waals surface area contributed by atoms with E-state index in [1.807, 2.05) is 20.8 Å². The molecule has 0 saturated carbocycles. The van der Waals surface area contributed by atoms with Crippen LogP contribution < -0.4 is 5.73 Å². The van der Waals surface area contributed by atoms with Gasteiger partial charge in [-0.3, -0.25) is 14.4 Å². The van der Waals surface area contributed by atoms with Gasteiger partial charge in [0.15, 0.2) is 0 Å². The van der Waals surface area contributed by atoms with Gasteiger partial charge in [0.05, 0.1) is 0 Å². The van der Waals surface area contributed by atoms with Crippen LogP contribution in [0.3, 0.4) is 0 Å². The van der Waals surface area contributed by atoms with E-state index in [9.17, 15) is 9.59 Å². The van der Waals surface area contributed by atoms with Crippen molar-refractivity contribution in [2.45, 2.75) is 26.4 Å². The van der Waals surface area contributed by atoms with Gasteiger partial charge in [0.2, 0.25) is 6.29 Å². The SMILES string of the molecule is CC(C)(C)OC=O.NC(=O)C=O. The smallest absolute Gasteiger partial charge is 0.293 e. The molecular formula is C7H13NO4. The second-order valence-corrected chi connectivity index (χ2v) is 2.85. The van der Waals surface area contributed by atoms with Gasteiger partial charge in [0.25, 0.3) is 12.4 Å². The van der Waals surface area contributed by atoms with Gasteiger partial charge < -0.3 is 10.5 Å². The zero-order valence-corrected chi connectivity index (χ0v) is 7.37. The minimum atomic E-state index is -0.926. The molecule has 0 aromatic carbocycles. The summed E-state index contributed by atoms with van der Waals surface area (Å²) in [7, 11) is 0. The molecule has 0 rings (SSSR count). The van der Waals surface area contributed by atoms with Gasteiger partial charge in [0, 0.05) is 0 Å². The Kier molecular flexibility index (Phi) is 6.97. The summed E-state index contributed by atoms with van der Waals surface area (Å²) in [5, 5.41) is 0. The van der Waals surface area contributed by atoms with Crippen molar-refractivity contribution in [2.75, 3.05) is 0 Å². The number of carbonyl (C=O) groups is 3. The first-order chi connectivity index (χ1) is 5.33. The van der Waals surface area contributed by atoms with E-state index in [4.69, 9.17) is 4.79 Å². The van der Waals surface area contributed by atoms with Crippen LogP contribution in [0.1, 0.15) is 20.8 Å². The molecule has 1 amide bonds. The summed E-state index contributed by atoms with van der Waals surface area (Å²) in [5.41, 5.74) is 3.97. The fourth-order valence-corrected chi connectivity index (χ4v) is 0.144. The number of hydrogen-bond donors (Lipinski definition) is 1. The Morgan fingerprint density at radius 2 is 1.67 bits per heavy atom. The standard InChI is InChI=1S/C5H10O2.C2H3NO2/c1-5(2,3)7-4-6;3-2(5)1-4/h4H,1-3H3;1H,(H2,3,5). The molecule has 70 valence electrons. The molecule has 0 aliphatic heterocycles. The average molecular weight is 175 g/mol. The van der Waals surface area contributed by atoms with Gasteiger partial charge in [-0.2, -0.15) is 0 Å². The average Bonchev–Trinajstić information content (AvgIpc) is 1.86. The van der Waals surface area contributed by atoms with Gasteiger partial charge in [-0.15, -0.1) is 0 Å². The lowest BCUT2D eigenvalue weighted by molar-refractivity contribution is -0.138. The molecular weight excluding hydrogens is 162 g/mol. The molecule has 0 bridgehead atoms. The summed E-state index contributed by atoms with van der Waals surface area (Å²) in [6.45, 7) is 5.92. The third-order valence-electron chi connectivity index (χ3n) is 0.518. The highest BCUT2D eigenvalue weighted by molar-refractivity contribution is 6.22. The fourth-order valence-electron chi connectivity index (χ4n) is 0.144. The van der Waals surface area contributed by atoms with Crippen molar-refractivity contribution in [3.05, 3.63) is 0 Å². The molecule has 5 nitrogen and oxygen atoms in total. The molecule has 0 aliphatic carbocycles. The Bertz CT molecular complexity index is 159. The minimum Gasteiger partial charge on any atom is -0.462 e. The summed E-state index contributed by atoms with van der Waals surface area (Å²) >= 11 is 0. The number of ether oxygens (including phenoxy) is 1. The van der Waals surface area contributed by atoms with Gasteiger partial charge in [-0.1, -0.05) is 0 Å². The van der Waals surface area contributed by atoms with E-state index in [1.54, 1.807) is 0 Å². The second kappa shape index (κ2) is 6.33. The third-order valence-corrected chi connectivity index (χ3v) is 0.518. The third kappa shape index (κ3) is 23.5. The first-order valence-corrected chi connectivity index (χ1v) is 3.19. The number of amides is 1. The van der Waals surface area contributed by atoms with Crippen LogP contribution >= 0.6 is 0 Å². The molecule has 0 heterocycles. The highest BCUT2D eigenvalue weighted by Gasteiger charge is 2.07. The second-order valence-electron chi connectivity index (χ2n) is 2.85. The maximum Gasteiger partial charge on any atom is 0.293 e. The number of primary amides is 1. The number of rotatable bonds is 2. The largest absolute Gasteiger partial charge is 0.462 e. The maximum absolute atomic E-state index is 9.60. The lowest BCUT2D eigenvalue weighted by Crippen LogP contribution is -2.17. The molecule has 2 N–H and O–H groups in total. The molecule has 0 atom stereocenters. The molecule has 0 unspecified atom stereocenters. The molecule has 0 spiro atoms. The van der Waals surface area contributed by atoms with Crippen LogP contribution in [0, 0.1) is 0 Å². The molecule has 0 radical (unpaired) electrons. The summed E-state index contributed by atoms with van der Waals surface area (Å²) < 4.78 is 4.55. The van der Waals surface area contributed by atoms with Crippen LogP contribution in [0.4, 0.5) is 0 Å². The van der Waals surface area contributed by atoms with E-state index in [1.165, 1.54) is 0 Å². The molecule has 0 saturated heterocycles. The summed E-state index contributed by atoms with van der Waals surface area (Å²) in [5.74, 6) is -0.926. The number of aldehydes is 1. The molecule has 0 fully saturated rings. The lowest BCUT2D eigenvalue weighted by Gasteiger charge is -2.14. The minimum absolute atomic E-state index is 0.0556. The molecule has 5 heteroatoms. The Morgan fingerprint density at radius 1 is 1.33 bits per heavy atom. The van der Waals surface area contributed by atoms with Gasteiger partial charge >= 0.3 is 0 Å². The summed E-state index contributed by atoms with van der Waals surface area (Å²) in [6.07, 6.45) is 0.0556. The normalized spacial score (nSPS) is 8.92. The highest BCUT2D eigenvalue weighted by Crippen LogP contribution is 2.02. The van der Waals surface area contributed by atoms with Crippen LogP contribution in [0.5, 0.6) is 0 Å². The Balaban J connectivity index is 0. The zero-order valence-electron chi connectivity index (χ0n) is 7.37. The summed E-state index contributed by atoms with van der Waals surface area (Å²) in [6, 6.07) is 0. The van der Waals surface area contributed by atoms with Crippen molar-refractivity contribution in [3.63, 3.8) is 0 Å². The van der Waals surface area contributed by atoms with Crippen molar-refractivity contribution >= 4 is 18.7 Å². The fraction of sp³-hybridized carbons (Fsp3) is 0.571. The van der Waals surface area contributed by atoms with Crippen LogP contribution in [-0.4, -0.2) is 24.3 Å². The molecule has 12 heavy (non-hydrogen) atoms. The molecule has 0 aromatic heterocycles. The van der Waals surface area contributed by atoms with E-state index in [2.05, 4.69) is 10.5 Å². The first kappa shape index (κ1) is 13.2. The number of carbonyl (C=O) groups excluding carboxylic acids is 3. The van der Waals surface area contributed by atoms with Crippen LogP contribution in [0.15, 0.2) is 0 Å². The van der Waals surface area contributed by atoms with Crippen LogP contribution in [0.25, 0.3) is 0 Å². The quantitative estimate of drug-likeness (QED) is 0.458. The number of hydrogen-bond acceptors (Lipinski definition) is 4. The van der Waals surface area contributed by atoms with E-state index >= 15 is 0 Å². The van der Waals surface area contributed by atoms with Crippen molar-refractivity contribution < 1.29 is 19.1 Å². The van der Waals surface area contributed by atoms with E-state index < -0.39 is 5.91 Å². The van der Waals surface area contributed by atoms with Gasteiger partial charge in [-0.05, 0) is 20.8 Å².